The number of alkyl halides is 1. The van der Waals surface area contributed by atoms with Crippen molar-refractivity contribution in [2.45, 2.75) is 18.5 Å². The molecule has 1 aliphatic rings. The fraction of sp³-hybridized carbons (Fsp3) is 0.500. The van der Waals surface area contributed by atoms with E-state index in [9.17, 15) is 13.9 Å². The van der Waals surface area contributed by atoms with Crippen molar-refractivity contribution in [1.82, 2.24) is 9.55 Å². The fourth-order valence-corrected chi connectivity index (χ4v) is 2.84. The van der Waals surface area contributed by atoms with Gasteiger partial charge in [-0.05, 0) is 25.0 Å². The van der Waals surface area contributed by atoms with Crippen LogP contribution in [0, 0.1) is 5.82 Å². The van der Waals surface area contributed by atoms with E-state index in [0.29, 0.717) is 36.4 Å². The highest BCUT2D eigenvalue weighted by Gasteiger charge is 2.36. The molecule has 3 rings (SSSR count). The van der Waals surface area contributed by atoms with Crippen LogP contribution >= 0.6 is 0 Å². The summed E-state index contributed by atoms with van der Waals surface area (Å²) >= 11 is 0. The third kappa shape index (κ3) is 2.04. The molecule has 1 atom stereocenters. The molecule has 1 N–H and O–H groups in total. The number of benzene rings is 1. The molecule has 1 fully saturated rings. The number of halogens is 2. The summed E-state index contributed by atoms with van der Waals surface area (Å²) in [6, 6.07) is 4.78. The van der Waals surface area contributed by atoms with Crippen molar-refractivity contribution in [3.8, 4) is 0 Å². The monoisotopic (exact) mass is 281 g/mol. The summed E-state index contributed by atoms with van der Waals surface area (Å²) < 4.78 is 29.8. The molecule has 0 saturated carbocycles. The van der Waals surface area contributed by atoms with Crippen LogP contribution in [0.25, 0.3) is 11.0 Å². The van der Waals surface area contributed by atoms with Crippen LogP contribution in [-0.2, 0) is 7.05 Å². The van der Waals surface area contributed by atoms with Crippen molar-refractivity contribution < 1.29 is 13.9 Å². The van der Waals surface area contributed by atoms with Crippen molar-refractivity contribution in [2.75, 3.05) is 24.6 Å². The number of hydrogen-bond acceptors (Lipinski definition) is 3. The van der Waals surface area contributed by atoms with E-state index in [4.69, 9.17) is 0 Å². The van der Waals surface area contributed by atoms with Crippen LogP contribution in [-0.4, -0.2) is 40.0 Å². The first kappa shape index (κ1) is 13.3. The Hall–Kier alpha value is -1.69. The minimum Gasteiger partial charge on any atom is -0.393 e. The van der Waals surface area contributed by atoms with E-state index in [2.05, 4.69) is 4.98 Å². The van der Waals surface area contributed by atoms with E-state index in [0.717, 1.165) is 0 Å². The Labute approximate surface area is 115 Å². The molecular formula is C14H17F2N3O. The summed E-state index contributed by atoms with van der Waals surface area (Å²) in [5, 5.41) is 9.18. The van der Waals surface area contributed by atoms with Crippen LogP contribution in [0.4, 0.5) is 14.7 Å². The lowest BCUT2D eigenvalue weighted by Gasteiger charge is -2.36. The molecule has 4 nitrogen and oxygen atoms in total. The van der Waals surface area contributed by atoms with Crippen molar-refractivity contribution >= 4 is 17.0 Å². The molecule has 20 heavy (non-hydrogen) atoms. The van der Waals surface area contributed by atoms with Crippen LogP contribution in [0.3, 0.4) is 0 Å². The van der Waals surface area contributed by atoms with Crippen LogP contribution in [0.2, 0.25) is 0 Å². The Morgan fingerprint density at radius 1 is 1.45 bits per heavy atom. The number of piperidine rings is 1. The number of hydrogen-bond donors (Lipinski definition) is 1. The van der Waals surface area contributed by atoms with Gasteiger partial charge in [-0.3, -0.25) is 0 Å². The number of imidazole rings is 1. The van der Waals surface area contributed by atoms with Gasteiger partial charge in [-0.2, -0.15) is 0 Å². The van der Waals surface area contributed by atoms with Crippen LogP contribution in [0.1, 0.15) is 12.8 Å². The molecule has 1 aromatic heterocycles. The Kier molecular flexibility index (Phi) is 3.12. The third-order valence-corrected chi connectivity index (χ3v) is 3.93. The molecular weight excluding hydrogens is 264 g/mol. The topological polar surface area (TPSA) is 41.3 Å². The number of aryl methyl sites for hydroxylation is 1. The lowest BCUT2D eigenvalue weighted by molar-refractivity contribution is 0.0562. The van der Waals surface area contributed by atoms with Gasteiger partial charge in [0.2, 0.25) is 5.95 Å². The second-order valence-corrected chi connectivity index (χ2v) is 5.41. The molecule has 0 radical (unpaired) electrons. The van der Waals surface area contributed by atoms with Gasteiger partial charge in [0.1, 0.15) is 5.52 Å². The van der Waals surface area contributed by atoms with E-state index in [-0.39, 0.29) is 12.4 Å². The van der Waals surface area contributed by atoms with Crippen molar-refractivity contribution in [2.24, 2.45) is 7.05 Å². The Balaban J connectivity index is 2.02. The second-order valence-electron chi connectivity index (χ2n) is 5.41. The number of para-hydroxylation sites is 1. The highest BCUT2D eigenvalue weighted by molar-refractivity contribution is 5.79. The number of nitrogens with zero attached hydrogens (tertiary/aromatic N) is 3. The highest BCUT2D eigenvalue weighted by atomic mass is 19.1. The maximum absolute atomic E-state index is 14.3. The lowest BCUT2D eigenvalue weighted by Crippen LogP contribution is -2.48. The number of anilines is 1. The highest BCUT2D eigenvalue weighted by Crippen LogP contribution is 2.30. The molecule has 2 heterocycles. The summed E-state index contributed by atoms with van der Waals surface area (Å²) in [5.74, 6) is 0.162. The van der Waals surface area contributed by atoms with E-state index >= 15 is 0 Å². The number of fused-ring (bicyclic) bond motifs is 1. The predicted octanol–water partition coefficient (Wildman–Crippen LogP) is 2.01. The van der Waals surface area contributed by atoms with Crippen molar-refractivity contribution in [1.29, 1.82) is 0 Å². The molecule has 2 aromatic rings. The van der Waals surface area contributed by atoms with Gasteiger partial charge >= 0.3 is 0 Å². The summed E-state index contributed by atoms with van der Waals surface area (Å²) in [7, 11) is 1.79. The van der Waals surface area contributed by atoms with Gasteiger partial charge in [-0.1, -0.05) is 6.07 Å². The molecule has 1 unspecified atom stereocenters. The molecule has 1 aromatic carbocycles. The van der Waals surface area contributed by atoms with Gasteiger partial charge in [0.25, 0.3) is 0 Å². The van der Waals surface area contributed by atoms with Crippen molar-refractivity contribution in [3.05, 3.63) is 24.0 Å². The molecule has 1 aliphatic heterocycles. The quantitative estimate of drug-likeness (QED) is 0.915. The Morgan fingerprint density at radius 3 is 2.95 bits per heavy atom. The van der Waals surface area contributed by atoms with Crippen LogP contribution in [0.5, 0.6) is 0 Å². The number of aromatic nitrogens is 2. The van der Waals surface area contributed by atoms with Gasteiger partial charge in [-0.15, -0.1) is 0 Å². The number of aliphatic hydroxyl groups is 1. The second kappa shape index (κ2) is 4.70. The lowest BCUT2D eigenvalue weighted by atomic mass is 9.96. The zero-order chi connectivity index (χ0) is 14.3. The minimum atomic E-state index is -1.60. The minimum absolute atomic E-state index is 0.0856. The molecule has 6 heteroatoms. The van der Waals surface area contributed by atoms with E-state index in [1.807, 2.05) is 0 Å². The number of aliphatic hydroxyl groups excluding tert-OH is 1. The summed E-state index contributed by atoms with van der Waals surface area (Å²) in [5.41, 5.74) is -0.627. The maximum Gasteiger partial charge on any atom is 0.206 e. The molecule has 0 spiro atoms. The summed E-state index contributed by atoms with van der Waals surface area (Å²) in [6.07, 6.45) is 0.987. The SMILES string of the molecule is Cn1c(N2CCCC(F)(CO)C2)nc2c(F)cccc21. The largest absolute Gasteiger partial charge is 0.393 e. The molecule has 0 amide bonds. The zero-order valence-corrected chi connectivity index (χ0v) is 11.3. The fourth-order valence-electron chi connectivity index (χ4n) is 2.84. The molecule has 0 bridgehead atoms. The first-order valence-corrected chi connectivity index (χ1v) is 6.70. The van der Waals surface area contributed by atoms with E-state index in [1.165, 1.54) is 6.07 Å². The maximum atomic E-state index is 14.3. The Morgan fingerprint density at radius 2 is 2.25 bits per heavy atom. The third-order valence-electron chi connectivity index (χ3n) is 3.93. The normalized spacial score (nSPS) is 23.5. The van der Waals surface area contributed by atoms with E-state index < -0.39 is 12.3 Å². The van der Waals surface area contributed by atoms with Gasteiger partial charge in [0.15, 0.2) is 11.5 Å². The smallest absolute Gasteiger partial charge is 0.206 e. The first-order chi connectivity index (χ1) is 9.54. The predicted molar refractivity (Wildman–Crippen MR) is 73.0 cm³/mol. The van der Waals surface area contributed by atoms with Crippen LogP contribution in [0.15, 0.2) is 18.2 Å². The standard InChI is InChI=1S/C14H17F2N3O/c1-18-11-5-2-4-10(15)12(11)17-13(18)19-7-3-6-14(16,8-19)9-20/h2,4-5,20H,3,6-9H2,1H3. The van der Waals surface area contributed by atoms with E-state index in [1.54, 1.807) is 28.6 Å². The molecule has 1 saturated heterocycles. The summed E-state index contributed by atoms with van der Waals surface area (Å²) in [4.78, 5) is 6.08. The average molecular weight is 281 g/mol. The van der Waals surface area contributed by atoms with Crippen LogP contribution < -0.4 is 4.90 Å². The van der Waals surface area contributed by atoms with Crippen molar-refractivity contribution in [3.63, 3.8) is 0 Å². The molecule has 0 aliphatic carbocycles. The summed E-state index contributed by atoms with van der Waals surface area (Å²) in [6.45, 7) is 0.245. The van der Waals surface area contributed by atoms with Gasteiger partial charge in [-0.25, -0.2) is 13.8 Å². The van der Waals surface area contributed by atoms with Gasteiger partial charge in [0, 0.05) is 13.6 Å². The van der Waals surface area contributed by atoms with Gasteiger partial charge < -0.3 is 14.6 Å². The van der Waals surface area contributed by atoms with Gasteiger partial charge in [0.05, 0.1) is 18.7 Å². The first-order valence-electron chi connectivity index (χ1n) is 6.70. The molecule has 108 valence electrons. The number of rotatable bonds is 2. The zero-order valence-electron chi connectivity index (χ0n) is 11.3. The Bertz CT molecular complexity index is 643. The average Bonchev–Trinajstić information content (AvgIpc) is 2.78.